The average Bonchev–Trinajstić information content (AvgIpc) is 2.66. The first kappa shape index (κ1) is 15.1. The van der Waals surface area contributed by atoms with Crippen LogP contribution in [-0.2, 0) is 0 Å². The highest BCUT2D eigenvalue weighted by molar-refractivity contribution is 6.11. The highest BCUT2D eigenvalue weighted by Crippen LogP contribution is 2.25. The van der Waals surface area contributed by atoms with Gasteiger partial charge in [-0.05, 0) is 34.5 Å². The van der Waals surface area contributed by atoms with Crippen LogP contribution in [0.1, 0.15) is 15.9 Å². The van der Waals surface area contributed by atoms with Gasteiger partial charge in [0.15, 0.2) is 5.78 Å². The van der Waals surface area contributed by atoms with E-state index in [0.29, 0.717) is 5.58 Å². The summed E-state index contributed by atoms with van der Waals surface area (Å²) in [6.45, 7) is 0. The van der Waals surface area contributed by atoms with E-state index in [2.05, 4.69) is 0 Å². The second-order valence-corrected chi connectivity index (χ2v) is 5.75. The lowest BCUT2D eigenvalue weighted by Gasteiger charge is -2.04. The van der Waals surface area contributed by atoms with Crippen molar-refractivity contribution in [1.82, 2.24) is 0 Å². The molecule has 0 radical (unpaired) electrons. The number of carbonyl (C=O) groups excluding carboxylic acids is 1. The summed E-state index contributed by atoms with van der Waals surface area (Å²) in [6, 6.07) is 22.5. The monoisotopic (exact) mass is 326 g/mol. The van der Waals surface area contributed by atoms with Gasteiger partial charge >= 0.3 is 5.63 Å². The van der Waals surface area contributed by atoms with Crippen LogP contribution in [0.3, 0.4) is 0 Å². The van der Waals surface area contributed by atoms with Crippen molar-refractivity contribution < 1.29 is 9.21 Å². The number of hydrogen-bond donors (Lipinski definition) is 0. The van der Waals surface area contributed by atoms with E-state index >= 15 is 0 Å². The summed E-state index contributed by atoms with van der Waals surface area (Å²) in [7, 11) is 0. The molecule has 4 aromatic rings. The predicted molar refractivity (Wildman–Crippen MR) is 99.8 cm³/mol. The highest BCUT2D eigenvalue weighted by atomic mass is 16.4. The number of allylic oxidation sites excluding steroid dienone is 1. The Kier molecular flexibility index (Phi) is 3.75. The summed E-state index contributed by atoms with van der Waals surface area (Å²) in [5.41, 5.74) is 0.792. The van der Waals surface area contributed by atoms with Crippen LogP contribution in [0.4, 0.5) is 0 Å². The molecule has 0 amide bonds. The first-order chi connectivity index (χ1) is 12.2. The summed E-state index contributed by atoms with van der Waals surface area (Å²) in [6.07, 6.45) is 3.09. The lowest BCUT2D eigenvalue weighted by atomic mass is 10.0. The Bertz CT molecular complexity index is 1170. The molecule has 0 N–H and O–H groups in total. The molecule has 1 aromatic heterocycles. The molecule has 3 heteroatoms. The Labute approximate surface area is 143 Å². The quantitative estimate of drug-likeness (QED) is 0.234. The number of fused-ring (bicyclic) bond motifs is 3. The van der Waals surface area contributed by atoms with Crippen LogP contribution in [0.15, 0.2) is 88.1 Å². The van der Waals surface area contributed by atoms with Gasteiger partial charge in [-0.2, -0.15) is 0 Å². The van der Waals surface area contributed by atoms with Crippen molar-refractivity contribution in [2.75, 3.05) is 0 Å². The molecule has 3 aromatic carbocycles. The third-order valence-electron chi connectivity index (χ3n) is 4.13. The average molecular weight is 326 g/mol. The molecule has 0 saturated carbocycles. The first-order valence-corrected chi connectivity index (χ1v) is 7.95. The van der Waals surface area contributed by atoms with E-state index < -0.39 is 5.63 Å². The van der Waals surface area contributed by atoms with Gasteiger partial charge in [0.25, 0.3) is 0 Å². The van der Waals surface area contributed by atoms with Crippen LogP contribution in [0.5, 0.6) is 0 Å². The van der Waals surface area contributed by atoms with Gasteiger partial charge in [0.05, 0.1) is 0 Å². The molecular weight excluding hydrogens is 312 g/mol. The van der Waals surface area contributed by atoms with Crippen molar-refractivity contribution in [2.45, 2.75) is 0 Å². The summed E-state index contributed by atoms with van der Waals surface area (Å²) < 4.78 is 5.36. The molecule has 0 saturated heterocycles. The van der Waals surface area contributed by atoms with E-state index in [1.807, 2.05) is 60.7 Å². The Morgan fingerprint density at radius 3 is 2.44 bits per heavy atom. The van der Waals surface area contributed by atoms with Crippen LogP contribution < -0.4 is 5.63 Å². The maximum absolute atomic E-state index is 12.5. The maximum Gasteiger partial charge on any atom is 0.347 e. The number of benzene rings is 3. The minimum Gasteiger partial charge on any atom is -0.422 e. The van der Waals surface area contributed by atoms with E-state index in [1.54, 1.807) is 18.2 Å². The third-order valence-corrected chi connectivity index (χ3v) is 4.13. The standard InChI is InChI=1S/C22H14O3/c23-20(12-10-15-6-2-1-3-7-15)19-14-18-17-9-5-4-8-16(17)11-13-21(18)25-22(19)24/h1-14H/b12-10+. The number of ketones is 1. The number of carbonyl (C=O) groups is 1. The molecule has 25 heavy (non-hydrogen) atoms. The number of hydrogen-bond acceptors (Lipinski definition) is 3. The van der Waals surface area contributed by atoms with Gasteiger partial charge < -0.3 is 4.42 Å². The van der Waals surface area contributed by atoms with E-state index in [-0.39, 0.29) is 11.3 Å². The Hall–Kier alpha value is -3.46. The molecule has 4 rings (SSSR count). The summed E-state index contributed by atoms with van der Waals surface area (Å²) in [5, 5.41) is 2.74. The normalized spacial score (nSPS) is 11.4. The molecular formula is C22H14O3. The van der Waals surface area contributed by atoms with Crippen molar-refractivity contribution >= 4 is 33.6 Å². The van der Waals surface area contributed by atoms with Gasteiger partial charge in [0.1, 0.15) is 11.1 Å². The summed E-state index contributed by atoms with van der Waals surface area (Å²) in [4.78, 5) is 24.7. The number of rotatable bonds is 3. The highest BCUT2D eigenvalue weighted by Gasteiger charge is 2.12. The lowest BCUT2D eigenvalue weighted by molar-refractivity contribution is 0.104. The molecule has 120 valence electrons. The maximum atomic E-state index is 12.5. The van der Waals surface area contributed by atoms with Gasteiger partial charge in [-0.15, -0.1) is 0 Å². The fraction of sp³-hybridized carbons (Fsp3) is 0. The first-order valence-electron chi connectivity index (χ1n) is 7.95. The topological polar surface area (TPSA) is 47.3 Å². The third kappa shape index (κ3) is 2.88. The minimum absolute atomic E-state index is 0.0380. The molecule has 0 fully saturated rings. The largest absolute Gasteiger partial charge is 0.422 e. The molecule has 0 spiro atoms. The Morgan fingerprint density at radius 2 is 1.60 bits per heavy atom. The van der Waals surface area contributed by atoms with Gasteiger partial charge in [-0.25, -0.2) is 4.79 Å². The Morgan fingerprint density at radius 1 is 0.840 bits per heavy atom. The second kappa shape index (κ2) is 6.21. The zero-order chi connectivity index (χ0) is 17.2. The van der Waals surface area contributed by atoms with Crippen LogP contribution in [0.2, 0.25) is 0 Å². The Balaban J connectivity index is 1.82. The van der Waals surface area contributed by atoms with E-state index in [0.717, 1.165) is 21.7 Å². The summed E-state index contributed by atoms with van der Waals surface area (Å²) in [5.74, 6) is -0.368. The smallest absolute Gasteiger partial charge is 0.347 e. The predicted octanol–water partition coefficient (Wildman–Crippen LogP) is 4.84. The van der Waals surface area contributed by atoms with Crippen molar-refractivity contribution in [3.63, 3.8) is 0 Å². The zero-order valence-electron chi connectivity index (χ0n) is 13.3. The zero-order valence-corrected chi connectivity index (χ0v) is 13.3. The molecule has 0 aliphatic rings. The SMILES string of the molecule is O=C(/C=C/c1ccccc1)c1cc2c(ccc3ccccc32)oc1=O. The van der Waals surface area contributed by atoms with Crippen LogP contribution in [-0.4, -0.2) is 5.78 Å². The molecule has 1 heterocycles. The van der Waals surface area contributed by atoms with Crippen molar-refractivity contribution in [3.05, 3.63) is 100 Å². The van der Waals surface area contributed by atoms with Crippen molar-refractivity contribution in [1.29, 1.82) is 0 Å². The van der Waals surface area contributed by atoms with Gasteiger partial charge in [-0.1, -0.05) is 66.7 Å². The fourth-order valence-corrected chi connectivity index (χ4v) is 2.87. The molecule has 0 atom stereocenters. The molecule has 0 aliphatic carbocycles. The lowest BCUT2D eigenvalue weighted by Crippen LogP contribution is -2.12. The van der Waals surface area contributed by atoms with E-state index in [9.17, 15) is 9.59 Å². The molecule has 3 nitrogen and oxygen atoms in total. The van der Waals surface area contributed by atoms with Gasteiger partial charge in [0, 0.05) is 5.39 Å². The van der Waals surface area contributed by atoms with Crippen LogP contribution >= 0.6 is 0 Å². The molecule has 0 aliphatic heterocycles. The minimum atomic E-state index is -0.620. The second-order valence-electron chi connectivity index (χ2n) is 5.75. The van der Waals surface area contributed by atoms with E-state index in [4.69, 9.17) is 4.42 Å². The van der Waals surface area contributed by atoms with Gasteiger partial charge in [0.2, 0.25) is 0 Å². The van der Waals surface area contributed by atoms with Crippen molar-refractivity contribution in [3.8, 4) is 0 Å². The van der Waals surface area contributed by atoms with Crippen LogP contribution in [0.25, 0.3) is 27.8 Å². The van der Waals surface area contributed by atoms with E-state index in [1.165, 1.54) is 6.08 Å². The molecule has 0 bridgehead atoms. The summed E-state index contributed by atoms with van der Waals surface area (Å²) >= 11 is 0. The molecule has 0 unspecified atom stereocenters. The van der Waals surface area contributed by atoms with Crippen LogP contribution in [0, 0.1) is 0 Å². The fourth-order valence-electron chi connectivity index (χ4n) is 2.87. The van der Waals surface area contributed by atoms with Gasteiger partial charge in [-0.3, -0.25) is 4.79 Å². The van der Waals surface area contributed by atoms with Crippen molar-refractivity contribution in [2.24, 2.45) is 0 Å².